The summed E-state index contributed by atoms with van der Waals surface area (Å²) in [5.74, 6) is -1.32. The number of carbonyl (C=O) groups is 3. The Kier molecular flexibility index (Phi) is 4.43. The minimum atomic E-state index is -0.458. The van der Waals surface area contributed by atoms with Crippen LogP contribution in [0.1, 0.15) is 22.8 Å². The highest BCUT2D eigenvalue weighted by Crippen LogP contribution is 2.22. The zero-order valence-electron chi connectivity index (χ0n) is 12.8. The number of hydrogen-bond acceptors (Lipinski definition) is 5. The monoisotopic (exact) mass is 342 g/mol. The summed E-state index contributed by atoms with van der Waals surface area (Å²) in [4.78, 5) is 36.1. The zero-order chi connectivity index (χ0) is 17.1. The summed E-state index contributed by atoms with van der Waals surface area (Å²) in [7, 11) is 0. The van der Waals surface area contributed by atoms with Crippen LogP contribution in [0.15, 0.2) is 46.7 Å². The highest BCUT2D eigenvalue weighted by atomic mass is 32.1. The lowest BCUT2D eigenvalue weighted by Gasteiger charge is -2.14. The molecule has 1 aromatic heterocycles. The summed E-state index contributed by atoms with van der Waals surface area (Å²) in [6.45, 7) is 2.02. The van der Waals surface area contributed by atoms with Crippen molar-refractivity contribution in [1.82, 2.24) is 5.43 Å². The van der Waals surface area contributed by atoms with Crippen LogP contribution in [0.5, 0.6) is 0 Å². The van der Waals surface area contributed by atoms with Crippen LogP contribution in [0.4, 0.5) is 5.69 Å². The van der Waals surface area contributed by atoms with Gasteiger partial charge in [0.2, 0.25) is 0 Å². The van der Waals surface area contributed by atoms with Gasteiger partial charge in [0.1, 0.15) is 5.57 Å². The molecule has 0 atom stereocenters. The van der Waals surface area contributed by atoms with Crippen molar-refractivity contribution in [2.45, 2.75) is 6.92 Å². The predicted molar refractivity (Wildman–Crippen MR) is 90.3 cm³/mol. The number of esters is 1. The fraction of sp³-hybridized carbons (Fsp3) is 0.118. The highest BCUT2D eigenvalue weighted by molar-refractivity contribution is 7.08. The van der Waals surface area contributed by atoms with Gasteiger partial charge in [0.25, 0.3) is 11.8 Å². The van der Waals surface area contributed by atoms with Crippen molar-refractivity contribution in [3.63, 3.8) is 0 Å². The Morgan fingerprint density at radius 3 is 2.62 bits per heavy atom. The molecule has 24 heavy (non-hydrogen) atoms. The van der Waals surface area contributed by atoms with E-state index < -0.39 is 17.8 Å². The summed E-state index contributed by atoms with van der Waals surface area (Å²) in [5, 5.41) is 4.88. The van der Waals surface area contributed by atoms with E-state index in [0.717, 1.165) is 10.6 Å². The second-order valence-electron chi connectivity index (χ2n) is 4.96. The maximum absolute atomic E-state index is 12.4. The van der Waals surface area contributed by atoms with Crippen LogP contribution in [-0.2, 0) is 14.3 Å². The Hall–Kier alpha value is -2.93. The Bertz CT molecular complexity index is 810. The molecule has 1 aliphatic heterocycles. The minimum absolute atomic E-state index is 0.0721. The van der Waals surface area contributed by atoms with E-state index in [4.69, 9.17) is 4.74 Å². The van der Waals surface area contributed by atoms with Gasteiger partial charge in [-0.3, -0.25) is 15.0 Å². The maximum atomic E-state index is 12.4. The zero-order valence-corrected chi connectivity index (χ0v) is 13.6. The van der Waals surface area contributed by atoms with E-state index in [-0.39, 0.29) is 12.2 Å². The molecule has 3 rings (SSSR count). The molecule has 2 aromatic rings. The van der Waals surface area contributed by atoms with Gasteiger partial charge in [-0.05, 0) is 59.7 Å². The Morgan fingerprint density at radius 1 is 1.25 bits per heavy atom. The van der Waals surface area contributed by atoms with Gasteiger partial charge in [0.05, 0.1) is 17.9 Å². The summed E-state index contributed by atoms with van der Waals surface area (Å²) in [6, 6.07) is 8.09. The van der Waals surface area contributed by atoms with Gasteiger partial charge < -0.3 is 4.74 Å². The lowest BCUT2D eigenvalue weighted by Crippen LogP contribution is -2.35. The maximum Gasteiger partial charge on any atom is 0.338 e. The van der Waals surface area contributed by atoms with Gasteiger partial charge in [-0.1, -0.05) is 0 Å². The van der Waals surface area contributed by atoms with E-state index in [1.54, 1.807) is 37.3 Å². The molecule has 1 aliphatic rings. The van der Waals surface area contributed by atoms with Crippen LogP contribution in [0, 0.1) is 0 Å². The molecule has 0 spiro atoms. The van der Waals surface area contributed by atoms with E-state index in [9.17, 15) is 14.4 Å². The van der Waals surface area contributed by atoms with Crippen molar-refractivity contribution in [1.29, 1.82) is 0 Å². The van der Waals surface area contributed by atoms with Gasteiger partial charge in [-0.25, -0.2) is 9.80 Å². The summed E-state index contributed by atoms with van der Waals surface area (Å²) in [5.41, 5.74) is 4.25. The molecular formula is C17H14N2O4S. The number of hydrazine groups is 1. The number of nitrogens with zero attached hydrogens (tertiary/aromatic N) is 1. The Balaban J connectivity index is 1.82. The fourth-order valence-corrected chi connectivity index (χ4v) is 2.84. The van der Waals surface area contributed by atoms with Crippen molar-refractivity contribution in [3.05, 3.63) is 57.8 Å². The molecule has 122 valence electrons. The van der Waals surface area contributed by atoms with Gasteiger partial charge in [0.15, 0.2) is 0 Å². The summed E-state index contributed by atoms with van der Waals surface area (Å²) >= 11 is 1.49. The molecule has 0 radical (unpaired) electrons. The molecule has 0 unspecified atom stereocenters. The largest absolute Gasteiger partial charge is 0.462 e. The van der Waals surface area contributed by atoms with Crippen LogP contribution in [0.3, 0.4) is 0 Å². The van der Waals surface area contributed by atoms with E-state index in [1.165, 1.54) is 11.3 Å². The SMILES string of the molecule is CCOC(=O)c1ccc(N2NC(=O)/C(=C/c3ccsc3)C2=O)cc1. The quantitative estimate of drug-likeness (QED) is 0.526. The number of amides is 2. The summed E-state index contributed by atoms with van der Waals surface area (Å²) < 4.78 is 4.91. The molecule has 0 bridgehead atoms. The molecule has 0 aliphatic carbocycles. The normalized spacial score (nSPS) is 15.7. The highest BCUT2D eigenvalue weighted by Gasteiger charge is 2.34. The van der Waals surface area contributed by atoms with E-state index in [2.05, 4.69) is 5.43 Å². The third-order valence-electron chi connectivity index (χ3n) is 3.38. The lowest BCUT2D eigenvalue weighted by atomic mass is 10.1. The molecular weight excluding hydrogens is 328 g/mol. The first-order valence-corrected chi connectivity index (χ1v) is 8.21. The number of carbonyl (C=O) groups excluding carboxylic acids is 3. The van der Waals surface area contributed by atoms with E-state index >= 15 is 0 Å². The van der Waals surface area contributed by atoms with Gasteiger partial charge in [-0.15, -0.1) is 0 Å². The van der Waals surface area contributed by atoms with Crippen molar-refractivity contribution < 1.29 is 19.1 Å². The molecule has 2 amide bonds. The summed E-state index contributed by atoms with van der Waals surface area (Å²) in [6.07, 6.45) is 1.56. The minimum Gasteiger partial charge on any atom is -0.462 e. The third-order valence-corrected chi connectivity index (χ3v) is 4.08. The van der Waals surface area contributed by atoms with E-state index in [1.807, 2.05) is 16.8 Å². The van der Waals surface area contributed by atoms with Crippen molar-refractivity contribution >= 4 is 40.9 Å². The van der Waals surface area contributed by atoms with Crippen LogP contribution >= 0.6 is 11.3 Å². The first-order chi connectivity index (χ1) is 11.6. The van der Waals surface area contributed by atoms with Gasteiger partial charge in [0, 0.05) is 0 Å². The molecule has 1 saturated heterocycles. The molecule has 1 aromatic carbocycles. The first kappa shape index (κ1) is 15.9. The number of thiophene rings is 1. The Morgan fingerprint density at radius 2 is 2.00 bits per heavy atom. The molecule has 0 saturated carbocycles. The first-order valence-electron chi connectivity index (χ1n) is 7.26. The van der Waals surface area contributed by atoms with Crippen LogP contribution in [0.2, 0.25) is 0 Å². The predicted octanol–water partition coefficient (Wildman–Crippen LogP) is 2.39. The molecule has 1 N–H and O–H groups in total. The average molecular weight is 342 g/mol. The number of anilines is 1. The lowest BCUT2D eigenvalue weighted by molar-refractivity contribution is -0.117. The third kappa shape index (κ3) is 3.07. The van der Waals surface area contributed by atoms with Crippen LogP contribution in [0.25, 0.3) is 6.08 Å². The number of ether oxygens (including phenoxy) is 1. The molecule has 7 heteroatoms. The number of rotatable bonds is 4. The number of hydrogen-bond donors (Lipinski definition) is 1. The number of benzene rings is 1. The molecule has 2 heterocycles. The fourth-order valence-electron chi connectivity index (χ4n) is 2.22. The molecule has 6 nitrogen and oxygen atoms in total. The topological polar surface area (TPSA) is 75.7 Å². The van der Waals surface area contributed by atoms with Gasteiger partial charge >= 0.3 is 5.97 Å². The van der Waals surface area contributed by atoms with E-state index in [0.29, 0.717) is 11.3 Å². The average Bonchev–Trinajstić information content (AvgIpc) is 3.19. The number of nitrogens with one attached hydrogen (secondary N) is 1. The van der Waals surface area contributed by atoms with Crippen molar-refractivity contribution in [2.24, 2.45) is 0 Å². The van der Waals surface area contributed by atoms with Crippen LogP contribution in [-0.4, -0.2) is 24.4 Å². The smallest absolute Gasteiger partial charge is 0.338 e. The van der Waals surface area contributed by atoms with Crippen LogP contribution < -0.4 is 10.4 Å². The standard InChI is InChI=1S/C17H14N2O4S/c1-2-23-17(22)12-3-5-13(6-4-12)19-16(21)14(15(20)18-19)9-11-7-8-24-10-11/h3-10H,2H2,1H3,(H,18,20)/b14-9-. The van der Waals surface area contributed by atoms with Crippen molar-refractivity contribution in [3.8, 4) is 0 Å². The Labute approximate surface area is 142 Å². The van der Waals surface area contributed by atoms with Crippen molar-refractivity contribution in [2.75, 3.05) is 11.6 Å². The van der Waals surface area contributed by atoms with Gasteiger partial charge in [-0.2, -0.15) is 11.3 Å². The second-order valence-corrected chi connectivity index (χ2v) is 5.74. The molecule has 1 fully saturated rings. The second kappa shape index (κ2) is 6.67.